The van der Waals surface area contributed by atoms with Crippen LogP contribution in [-0.4, -0.2) is 61.6 Å². The van der Waals surface area contributed by atoms with Crippen molar-refractivity contribution in [1.82, 2.24) is 9.80 Å². The molecule has 5 heteroatoms. The highest BCUT2D eigenvalue weighted by molar-refractivity contribution is 5.39. The minimum absolute atomic E-state index is 0.00440. The van der Waals surface area contributed by atoms with Crippen LogP contribution in [0.25, 0.3) is 0 Å². The predicted molar refractivity (Wildman–Crippen MR) is 101 cm³/mol. The monoisotopic (exact) mass is 350 g/mol. The Kier molecular flexibility index (Phi) is 8.52. The van der Waals surface area contributed by atoms with E-state index in [2.05, 4.69) is 37.5 Å². The summed E-state index contributed by atoms with van der Waals surface area (Å²) in [5.74, 6) is 1.64. The molecule has 5 nitrogen and oxygen atoms in total. The Morgan fingerprint density at radius 1 is 0.760 bits per heavy atom. The lowest BCUT2D eigenvalue weighted by Gasteiger charge is -2.32. The van der Waals surface area contributed by atoms with Gasteiger partial charge in [-0.3, -0.25) is 9.80 Å². The van der Waals surface area contributed by atoms with E-state index in [-0.39, 0.29) is 12.5 Å². The zero-order valence-corrected chi connectivity index (χ0v) is 16.2. The second-order valence-corrected chi connectivity index (χ2v) is 6.22. The Balaban J connectivity index is 2.26. The van der Waals surface area contributed by atoms with Crippen molar-refractivity contribution >= 4 is 0 Å². The van der Waals surface area contributed by atoms with Gasteiger partial charge in [-0.25, -0.2) is 0 Å². The molecule has 2 rings (SSSR count). The first-order chi connectivity index (χ1) is 12.2. The molecule has 0 bridgehead atoms. The number of ether oxygens (including phenoxy) is 3. The lowest BCUT2D eigenvalue weighted by molar-refractivity contribution is -0.00509. The van der Waals surface area contributed by atoms with Gasteiger partial charge in [-0.05, 0) is 38.3 Å². The first-order valence-electron chi connectivity index (χ1n) is 9.71. The fourth-order valence-electron chi connectivity index (χ4n) is 3.30. The summed E-state index contributed by atoms with van der Waals surface area (Å²) in [5.41, 5.74) is 0. The molecule has 0 radical (unpaired) electrons. The number of hydrogen-bond acceptors (Lipinski definition) is 5. The molecule has 0 fully saturated rings. The van der Waals surface area contributed by atoms with Crippen LogP contribution >= 0.6 is 0 Å². The second-order valence-electron chi connectivity index (χ2n) is 6.22. The Bertz CT molecular complexity index is 447. The van der Waals surface area contributed by atoms with Gasteiger partial charge in [0.15, 0.2) is 24.0 Å². The first-order valence-corrected chi connectivity index (χ1v) is 9.71. The van der Waals surface area contributed by atoms with Gasteiger partial charge in [0.25, 0.3) is 0 Å². The Labute approximate surface area is 152 Å². The van der Waals surface area contributed by atoms with Crippen molar-refractivity contribution < 1.29 is 14.2 Å². The maximum atomic E-state index is 6.37. The number of rotatable bonds is 6. The zero-order valence-electron chi connectivity index (χ0n) is 16.2. The quantitative estimate of drug-likeness (QED) is 0.783. The van der Waals surface area contributed by atoms with Gasteiger partial charge in [-0.2, -0.15) is 0 Å². The van der Waals surface area contributed by atoms with E-state index >= 15 is 0 Å². The van der Waals surface area contributed by atoms with Gasteiger partial charge in [0.2, 0.25) is 0 Å². The third kappa shape index (κ3) is 5.59. The van der Waals surface area contributed by atoms with Crippen molar-refractivity contribution in [3.8, 4) is 11.5 Å². The van der Waals surface area contributed by atoms with Gasteiger partial charge < -0.3 is 14.2 Å². The molecule has 0 N–H and O–H groups in total. The summed E-state index contributed by atoms with van der Waals surface area (Å²) < 4.78 is 18.6. The highest BCUT2D eigenvalue weighted by atomic mass is 16.6. The molecule has 0 spiro atoms. The molecule has 0 aliphatic carbocycles. The highest BCUT2D eigenvalue weighted by Gasteiger charge is 2.23. The standard InChI is InChI=1S/C20H34N2O3/c1-5-21(6-2)19-13-15-23-16-14-20(22(7-3)8-4)25-18-12-10-9-11-17(18)24-19/h9-12,19-20H,5-8,13-16H2,1-4H3. The first kappa shape index (κ1) is 20.0. The maximum Gasteiger partial charge on any atom is 0.163 e. The molecular weight excluding hydrogens is 316 g/mol. The normalized spacial score (nSPS) is 22.0. The molecule has 1 heterocycles. The maximum absolute atomic E-state index is 6.37. The van der Waals surface area contributed by atoms with Gasteiger partial charge >= 0.3 is 0 Å². The number of para-hydroxylation sites is 2. The van der Waals surface area contributed by atoms with Crippen molar-refractivity contribution in [1.29, 1.82) is 0 Å². The minimum Gasteiger partial charge on any atom is -0.471 e. The van der Waals surface area contributed by atoms with Crippen molar-refractivity contribution in [2.45, 2.75) is 53.0 Å². The summed E-state index contributed by atoms with van der Waals surface area (Å²) in [4.78, 5) is 4.64. The van der Waals surface area contributed by atoms with E-state index in [1.54, 1.807) is 0 Å². The minimum atomic E-state index is 0.00440. The average Bonchev–Trinajstić information content (AvgIpc) is 2.67. The number of benzene rings is 1. The van der Waals surface area contributed by atoms with Crippen LogP contribution in [0, 0.1) is 0 Å². The van der Waals surface area contributed by atoms with Gasteiger partial charge in [0.05, 0.1) is 13.2 Å². The topological polar surface area (TPSA) is 34.2 Å². The van der Waals surface area contributed by atoms with Gasteiger partial charge in [-0.15, -0.1) is 0 Å². The third-order valence-electron chi connectivity index (χ3n) is 4.83. The van der Waals surface area contributed by atoms with Crippen LogP contribution < -0.4 is 9.47 Å². The molecule has 0 amide bonds. The molecule has 1 aromatic carbocycles. The van der Waals surface area contributed by atoms with Crippen molar-refractivity contribution in [2.75, 3.05) is 39.4 Å². The average molecular weight is 351 g/mol. The molecule has 0 saturated heterocycles. The molecule has 0 aromatic heterocycles. The Hall–Kier alpha value is -1.30. The fraction of sp³-hybridized carbons (Fsp3) is 0.700. The van der Waals surface area contributed by atoms with E-state index in [0.717, 1.165) is 50.5 Å². The number of nitrogens with zero attached hydrogens (tertiary/aromatic N) is 2. The fourth-order valence-corrected chi connectivity index (χ4v) is 3.30. The van der Waals surface area contributed by atoms with E-state index in [0.29, 0.717) is 13.2 Å². The van der Waals surface area contributed by atoms with E-state index in [1.807, 2.05) is 24.3 Å². The van der Waals surface area contributed by atoms with Gasteiger partial charge in [0.1, 0.15) is 0 Å². The van der Waals surface area contributed by atoms with Crippen LogP contribution in [0.1, 0.15) is 40.5 Å². The molecule has 1 aromatic rings. The van der Waals surface area contributed by atoms with Gasteiger partial charge in [0, 0.05) is 12.8 Å². The molecule has 2 unspecified atom stereocenters. The number of fused-ring (bicyclic) bond motifs is 1. The van der Waals surface area contributed by atoms with Crippen molar-refractivity contribution in [3.05, 3.63) is 24.3 Å². The third-order valence-corrected chi connectivity index (χ3v) is 4.83. The van der Waals surface area contributed by atoms with E-state index in [4.69, 9.17) is 14.2 Å². The number of hydrogen-bond donors (Lipinski definition) is 0. The molecular formula is C20H34N2O3. The van der Waals surface area contributed by atoms with Crippen LogP contribution in [0.3, 0.4) is 0 Å². The van der Waals surface area contributed by atoms with E-state index < -0.39 is 0 Å². The smallest absolute Gasteiger partial charge is 0.163 e. The highest BCUT2D eigenvalue weighted by Crippen LogP contribution is 2.31. The molecule has 1 aliphatic heterocycles. The lowest BCUT2D eigenvalue weighted by Crippen LogP contribution is -2.40. The second kappa shape index (κ2) is 10.6. The Morgan fingerprint density at radius 2 is 1.16 bits per heavy atom. The largest absolute Gasteiger partial charge is 0.471 e. The van der Waals surface area contributed by atoms with E-state index in [1.165, 1.54) is 0 Å². The van der Waals surface area contributed by atoms with Crippen LogP contribution in [0.15, 0.2) is 24.3 Å². The summed E-state index contributed by atoms with van der Waals surface area (Å²) in [6.07, 6.45) is 1.72. The van der Waals surface area contributed by atoms with Crippen LogP contribution in [-0.2, 0) is 4.74 Å². The molecule has 2 atom stereocenters. The van der Waals surface area contributed by atoms with Crippen LogP contribution in [0.4, 0.5) is 0 Å². The molecule has 25 heavy (non-hydrogen) atoms. The SMILES string of the molecule is CCN(CC)C1CCOCCC(N(CC)CC)Oc2ccccc2O1. The molecule has 142 valence electrons. The van der Waals surface area contributed by atoms with Gasteiger partial charge in [-0.1, -0.05) is 39.8 Å². The lowest BCUT2D eigenvalue weighted by atomic mass is 10.3. The zero-order chi connectivity index (χ0) is 18.1. The van der Waals surface area contributed by atoms with Crippen molar-refractivity contribution in [3.63, 3.8) is 0 Å². The van der Waals surface area contributed by atoms with E-state index in [9.17, 15) is 0 Å². The summed E-state index contributed by atoms with van der Waals surface area (Å²) in [7, 11) is 0. The Morgan fingerprint density at radius 3 is 1.52 bits per heavy atom. The van der Waals surface area contributed by atoms with Crippen LogP contribution in [0.5, 0.6) is 11.5 Å². The summed E-state index contributed by atoms with van der Waals surface area (Å²) in [6, 6.07) is 8.02. The van der Waals surface area contributed by atoms with Crippen LogP contribution in [0.2, 0.25) is 0 Å². The summed E-state index contributed by atoms with van der Waals surface area (Å²) in [5, 5.41) is 0. The van der Waals surface area contributed by atoms with Crippen molar-refractivity contribution in [2.24, 2.45) is 0 Å². The predicted octanol–water partition coefficient (Wildman–Crippen LogP) is 3.59. The molecule has 0 saturated carbocycles. The molecule has 1 aliphatic rings. The summed E-state index contributed by atoms with van der Waals surface area (Å²) >= 11 is 0. The summed E-state index contributed by atoms with van der Waals surface area (Å²) in [6.45, 7) is 13.9.